The maximum Gasteiger partial charge on any atom is 0.407 e. The molecule has 1 fully saturated rings. The summed E-state index contributed by atoms with van der Waals surface area (Å²) in [4.78, 5) is 11.4. The number of hydrogen-bond donors (Lipinski definition) is 3. The van der Waals surface area contributed by atoms with E-state index in [9.17, 15) is 4.79 Å². The standard InChI is InChI=1S/C11H21N3O3/c1-17-10(15)13-11(9(12)14-16)7-5-3-2-4-6-8-11/h16H,2-8H2,1H3,(H2,12,14)(H,13,15). The van der Waals surface area contributed by atoms with Crippen LogP contribution in [0.15, 0.2) is 5.16 Å². The van der Waals surface area contributed by atoms with Crippen LogP contribution >= 0.6 is 0 Å². The highest BCUT2D eigenvalue weighted by Gasteiger charge is 2.37. The van der Waals surface area contributed by atoms with Gasteiger partial charge >= 0.3 is 6.09 Å². The minimum absolute atomic E-state index is 0.0600. The van der Waals surface area contributed by atoms with Gasteiger partial charge in [0.05, 0.1) is 7.11 Å². The van der Waals surface area contributed by atoms with Crippen LogP contribution in [0.4, 0.5) is 4.79 Å². The third-order valence-electron chi connectivity index (χ3n) is 3.33. The summed E-state index contributed by atoms with van der Waals surface area (Å²) in [5.74, 6) is 0.0600. The van der Waals surface area contributed by atoms with Gasteiger partial charge in [-0.2, -0.15) is 0 Å². The Hall–Kier alpha value is -1.46. The van der Waals surface area contributed by atoms with Gasteiger partial charge < -0.3 is 21.0 Å². The van der Waals surface area contributed by atoms with Gasteiger partial charge in [-0.25, -0.2) is 4.79 Å². The fraction of sp³-hybridized carbons (Fsp3) is 0.818. The molecule has 0 bridgehead atoms. The maximum atomic E-state index is 11.4. The Morgan fingerprint density at radius 3 is 2.29 bits per heavy atom. The van der Waals surface area contributed by atoms with Crippen molar-refractivity contribution < 1.29 is 14.7 Å². The van der Waals surface area contributed by atoms with E-state index in [1.165, 1.54) is 13.5 Å². The number of rotatable bonds is 2. The third-order valence-corrected chi connectivity index (χ3v) is 3.33. The minimum atomic E-state index is -0.762. The quantitative estimate of drug-likeness (QED) is 0.297. The van der Waals surface area contributed by atoms with Gasteiger partial charge in [0, 0.05) is 0 Å². The highest BCUT2D eigenvalue weighted by Crippen LogP contribution is 2.26. The van der Waals surface area contributed by atoms with E-state index in [4.69, 9.17) is 10.9 Å². The number of alkyl carbamates (subject to hydrolysis) is 1. The summed E-state index contributed by atoms with van der Waals surface area (Å²) in [6.45, 7) is 0. The van der Waals surface area contributed by atoms with E-state index in [0.29, 0.717) is 12.8 Å². The number of carbonyl (C=O) groups is 1. The number of amidine groups is 1. The van der Waals surface area contributed by atoms with Crippen molar-refractivity contribution in [2.75, 3.05) is 7.11 Å². The van der Waals surface area contributed by atoms with Crippen LogP contribution in [0.1, 0.15) is 44.9 Å². The lowest BCUT2D eigenvalue weighted by molar-refractivity contribution is 0.157. The second-order valence-corrected chi connectivity index (χ2v) is 4.45. The second kappa shape index (κ2) is 6.32. The van der Waals surface area contributed by atoms with E-state index in [1.807, 2.05) is 0 Å². The van der Waals surface area contributed by atoms with Crippen LogP contribution < -0.4 is 11.1 Å². The molecular formula is C11H21N3O3. The predicted octanol–water partition coefficient (Wildman–Crippen LogP) is 1.57. The molecule has 1 aliphatic rings. The molecule has 0 radical (unpaired) electrons. The molecule has 1 aliphatic carbocycles. The van der Waals surface area contributed by atoms with E-state index >= 15 is 0 Å². The lowest BCUT2D eigenvalue weighted by Crippen LogP contribution is -2.57. The average Bonchev–Trinajstić information content (AvgIpc) is 2.31. The number of nitrogens with two attached hydrogens (primary N) is 1. The van der Waals surface area contributed by atoms with Crippen molar-refractivity contribution in [1.29, 1.82) is 0 Å². The fourth-order valence-electron chi connectivity index (χ4n) is 2.30. The Bertz CT molecular complexity index is 284. The topological polar surface area (TPSA) is 96.9 Å². The molecule has 4 N–H and O–H groups in total. The van der Waals surface area contributed by atoms with Crippen LogP contribution in [0.2, 0.25) is 0 Å². The van der Waals surface area contributed by atoms with Gasteiger partial charge in [-0.15, -0.1) is 0 Å². The number of amides is 1. The molecule has 0 heterocycles. The van der Waals surface area contributed by atoms with Crippen LogP contribution in [-0.4, -0.2) is 29.8 Å². The van der Waals surface area contributed by atoms with E-state index < -0.39 is 11.6 Å². The summed E-state index contributed by atoms with van der Waals surface area (Å²) in [7, 11) is 1.30. The number of oxime groups is 1. The van der Waals surface area contributed by atoms with Gasteiger partial charge in [-0.05, 0) is 12.8 Å². The van der Waals surface area contributed by atoms with Crippen LogP contribution in [-0.2, 0) is 4.74 Å². The van der Waals surface area contributed by atoms with Crippen LogP contribution in [0.3, 0.4) is 0 Å². The second-order valence-electron chi connectivity index (χ2n) is 4.45. The van der Waals surface area contributed by atoms with Crippen LogP contribution in [0.25, 0.3) is 0 Å². The van der Waals surface area contributed by atoms with Crippen molar-refractivity contribution in [3.8, 4) is 0 Å². The summed E-state index contributed by atoms with van der Waals surface area (Å²) in [6, 6.07) is 0. The molecule has 1 saturated carbocycles. The van der Waals surface area contributed by atoms with Gasteiger partial charge in [0.25, 0.3) is 0 Å². The fourth-order valence-corrected chi connectivity index (χ4v) is 2.30. The first-order valence-corrected chi connectivity index (χ1v) is 5.99. The van der Waals surface area contributed by atoms with E-state index in [1.54, 1.807) is 0 Å². The monoisotopic (exact) mass is 243 g/mol. The number of carbonyl (C=O) groups excluding carboxylic acids is 1. The first-order valence-electron chi connectivity index (χ1n) is 5.99. The van der Waals surface area contributed by atoms with E-state index in [-0.39, 0.29) is 5.84 Å². The maximum absolute atomic E-state index is 11.4. The zero-order chi connectivity index (χ0) is 12.7. The molecule has 1 rings (SSSR count). The number of nitrogens with one attached hydrogen (secondary N) is 1. The Balaban J connectivity index is 2.85. The van der Waals surface area contributed by atoms with E-state index in [0.717, 1.165) is 25.7 Å². The summed E-state index contributed by atoms with van der Waals surface area (Å²) >= 11 is 0. The average molecular weight is 243 g/mol. The first kappa shape index (κ1) is 13.6. The molecule has 6 nitrogen and oxygen atoms in total. The van der Waals surface area contributed by atoms with E-state index in [2.05, 4.69) is 15.2 Å². The smallest absolute Gasteiger partial charge is 0.407 e. The number of nitrogens with zero attached hydrogens (tertiary/aromatic N) is 1. The first-order chi connectivity index (χ1) is 8.14. The zero-order valence-corrected chi connectivity index (χ0v) is 10.2. The van der Waals surface area contributed by atoms with Gasteiger partial charge in [0.2, 0.25) is 0 Å². The Labute approximate surface area is 101 Å². The summed E-state index contributed by atoms with van der Waals surface area (Å²) < 4.78 is 4.60. The van der Waals surface area contributed by atoms with Gasteiger partial charge in [0.15, 0.2) is 5.84 Å². The molecule has 0 aromatic heterocycles. The molecule has 0 spiro atoms. The highest BCUT2D eigenvalue weighted by molar-refractivity contribution is 5.92. The Kier molecular flexibility index (Phi) is 5.06. The number of ether oxygens (including phenoxy) is 1. The molecule has 0 aliphatic heterocycles. The largest absolute Gasteiger partial charge is 0.453 e. The molecule has 0 unspecified atom stereocenters. The molecule has 0 aromatic carbocycles. The summed E-state index contributed by atoms with van der Waals surface area (Å²) in [5, 5.41) is 14.7. The Morgan fingerprint density at radius 1 is 1.29 bits per heavy atom. The normalized spacial score (nSPS) is 21.1. The van der Waals surface area contributed by atoms with Crippen molar-refractivity contribution >= 4 is 11.9 Å². The third kappa shape index (κ3) is 3.51. The number of methoxy groups -OCH3 is 1. The summed E-state index contributed by atoms with van der Waals surface area (Å²) in [6.07, 6.45) is 6.10. The summed E-state index contributed by atoms with van der Waals surface area (Å²) in [5.41, 5.74) is 4.97. The van der Waals surface area contributed by atoms with Crippen molar-refractivity contribution in [3.63, 3.8) is 0 Å². The minimum Gasteiger partial charge on any atom is -0.453 e. The molecule has 0 aromatic rings. The molecule has 17 heavy (non-hydrogen) atoms. The van der Waals surface area contributed by atoms with Gasteiger partial charge in [-0.1, -0.05) is 37.3 Å². The van der Waals surface area contributed by atoms with Gasteiger partial charge in [-0.3, -0.25) is 0 Å². The highest BCUT2D eigenvalue weighted by atomic mass is 16.5. The predicted molar refractivity (Wildman–Crippen MR) is 64.0 cm³/mol. The van der Waals surface area contributed by atoms with Gasteiger partial charge in [0.1, 0.15) is 5.54 Å². The lowest BCUT2D eigenvalue weighted by atomic mass is 9.83. The van der Waals surface area contributed by atoms with Crippen molar-refractivity contribution in [1.82, 2.24) is 5.32 Å². The lowest BCUT2D eigenvalue weighted by Gasteiger charge is -2.34. The molecule has 1 amide bonds. The van der Waals surface area contributed by atoms with Crippen molar-refractivity contribution in [3.05, 3.63) is 0 Å². The number of hydrogen-bond acceptors (Lipinski definition) is 4. The molecule has 98 valence electrons. The SMILES string of the molecule is COC(=O)NC1(/C(N)=N/O)CCCCCCC1. The zero-order valence-electron chi connectivity index (χ0n) is 10.2. The Morgan fingerprint density at radius 2 is 1.82 bits per heavy atom. The molecule has 0 saturated heterocycles. The molecular weight excluding hydrogens is 222 g/mol. The van der Waals surface area contributed by atoms with Crippen molar-refractivity contribution in [2.45, 2.75) is 50.5 Å². The molecule has 6 heteroatoms. The van der Waals surface area contributed by atoms with Crippen LogP contribution in [0.5, 0.6) is 0 Å². The van der Waals surface area contributed by atoms with Crippen molar-refractivity contribution in [2.24, 2.45) is 10.9 Å². The van der Waals surface area contributed by atoms with Crippen LogP contribution in [0, 0.1) is 0 Å². The molecule has 0 atom stereocenters.